The second-order valence-electron chi connectivity index (χ2n) is 5.94. The van der Waals surface area contributed by atoms with E-state index in [0.29, 0.717) is 6.42 Å². The fraction of sp³-hybridized carbons (Fsp3) is 0.579. The van der Waals surface area contributed by atoms with Gasteiger partial charge < -0.3 is 9.84 Å². The van der Waals surface area contributed by atoms with Gasteiger partial charge in [0.2, 0.25) is 0 Å². The van der Waals surface area contributed by atoms with Gasteiger partial charge >= 0.3 is 11.9 Å². The average molecular weight is 320 g/mol. The van der Waals surface area contributed by atoms with Gasteiger partial charge in [-0.05, 0) is 12.0 Å². The van der Waals surface area contributed by atoms with E-state index in [1.165, 1.54) is 19.3 Å². The third-order valence-corrected chi connectivity index (χ3v) is 3.88. The first-order chi connectivity index (χ1) is 11.1. The molecule has 0 saturated carbocycles. The van der Waals surface area contributed by atoms with Crippen molar-refractivity contribution in [1.82, 2.24) is 0 Å². The Kier molecular flexibility index (Phi) is 9.76. The molecule has 4 heteroatoms. The fourth-order valence-electron chi connectivity index (χ4n) is 2.53. The molecule has 23 heavy (non-hydrogen) atoms. The fourth-order valence-corrected chi connectivity index (χ4v) is 2.53. The first-order valence-electron chi connectivity index (χ1n) is 8.55. The van der Waals surface area contributed by atoms with Gasteiger partial charge in [0.1, 0.15) is 6.61 Å². The third-order valence-electron chi connectivity index (χ3n) is 3.88. The van der Waals surface area contributed by atoms with Crippen molar-refractivity contribution in [3.05, 3.63) is 35.9 Å². The maximum absolute atomic E-state index is 12.1. The number of carboxylic acid groups (broad SMARTS) is 1. The number of carboxylic acids is 1. The summed E-state index contributed by atoms with van der Waals surface area (Å²) in [4.78, 5) is 23.1. The molecule has 0 fully saturated rings. The van der Waals surface area contributed by atoms with Gasteiger partial charge in [-0.2, -0.15) is 0 Å². The van der Waals surface area contributed by atoms with E-state index < -0.39 is 17.9 Å². The van der Waals surface area contributed by atoms with Crippen LogP contribution in [-0.4, -0.2) is 17.0 Å². The van der Waals surface area contributed by atoms with Crippen molar-refractivity contribution in [1.29, 1.82) is 0 Å². The van der Waals surface area contributed by atoms with Crippen LogP contribution in [0.1, 0.15) is 63.9 Å². The molecule has 0 bridgehead atoms. The molecule has 1 aromatic rings. The highest BCUT2D eigenvalue weighted by molar-refractivity contribution is 5.79. The summed E-state index contributed by atoms with van der Waals surface area (Å²) >= 11 is 0. The number of hydrogen-bond donors (Lipinski definition) is 1. The highest BCUT2D eigenvalue weighted by Gasteiger charge is 2.22. The van der Waals surface area contributed by atoms with Crippen LogP contribution in [-0.2, 0) is 20.9 Å². The molecule has 0 unspecified atom stereocenters. The van der Waals surface area contributed by atoms with E-state index in [4.69, 9.17) is 9.84 Å². The van der Waals surface area contributed by atoms with Gasteiger partial charge in [-0.15, -0.1) is 0 Å². The van der Waals surface area contributed by atoms with Crippen molar-refractivity contribution >= 4 is 11.9 Å². The Hall–Kier alpha value is -1.84. The second kappa shape index (κ2) is 11.7. The second-order valence-corrected chi connectivity index (χ2v) is 5.94. The number of carbonyl (C=O) groups is 2. The molecule has 0 amide bonds. The van der Waals surface area contributed by atoms with E-state index in [1.807, 2.05) is 30.3 Å². The number of rotatable bonds is 12. The van der Waals surface area contributed by atoms with Crippen molar-refractivity contribution in [2.75, 3.05) is 0 Å². The average Bonchev–Trinajstić information content (AvgIpc) is 2.55. The quantitative estimate of drug-likeness (QED) is 0.452. The molecule has 4 nitrogen and oxygen atoms in total. The summed E-state index contributed by atoms with van der Waals surface area (Å²) in [5.41, 5.74) is 0.912. The molecule has 1 aromatic carbocycles. The first-order valence-corrected chi connectivity index (χ1v) is 8.55. The highest BCUT2D eigenvalue weighted by Crippen LogP contribution is 2.18. The van der Waals surface area contributed by atoms with Crippen LogP contribution in [0, 0.1) is 5.92 Å². The van der Waals surface area contributed by atoms with Crippen LogP contribution in [0.3, 0.4) is 0 Å². The molecule has 0 aromatic heterocycles. The van der Waals surface area contributed by atoms with Crippen LogP contribution >= 0.6 is 0 Å². The molecule has 1 rings (SSSR count). The summed E-state index contributed by atoms with van der Waals surface area (Å²) in [5, 5.41) is 8.98. The lowest BCUT2D eigenvalue weighted by molar-refractivity contribution is -0.154. The highest BCUT2D eigenvalue weighted by atomic mass is 16.5. The molecule has 0 aliphatic rings. The summed E-state index contributed by atoms with van der Waals surface area (Å²) in [7, 11) is 0. The predicted octanol–water partition coefficient (Wildman–Crippen LogP) is 4.57. The molecule has 1 N–H and O–H groups in total. The molecule has 0 aliphatic carbocycles. The van der Waals surface area contributed by atoms with E-state index in [-0.39, 0.29) is 13.0 Å². The van der Waals surface area contributed by atoms with E-state index in [9.17, 15) is 9.59 Å². The number of aliphatic carboxylic acids is 1. The van der Waals surface area contributed by atoms with Crippen molar-refractivity contribution in [3.63, 3.8) is 0 Å². The molecular weight excluding hydrogens is 292 g/mol. The molecular formula is C19H28O4. The zero-order valence-corrected chi connectivity index (χ0v) is 14.0. The lowest BCUT2D eigenvalue weighted by atomic mass is 9.97. The summed E-state index contributed by atoms with van der Waals surface area (Å²) in [6, 6.07) is 9.43. The van der Waals surface area contributed by atoms with Crippen LogP contribution in [0.4, 0.5) is 0 Å². The van der Waals surface area contributed by atoms with E-state index in [2.05, 4.69) is 6.92 Å². The zero-order chi connectivity index (χ0) is 16.9. The topological polar surface area (TPSA) is 63.6 Å². The number of esters is 1. The molecule has 1 atom stereocenters. The SMILES string of the molecule is CCCCCCCC[C@H](CC(=O)O)C(=O)OCc1ccccc1. The Morgan fingerprint density at radius 3 is 2.35 bits per heavy atom. The van der Waals surface area contributed by atoms with E-state index >= 15 is 0 Å². The van der Waals surface area contributed by atoms with Crippen molar-refractivity contribution in [2.24, 2.45) is 5.92 Å². The predicted molar refractivity (Wildman–Crippen MR) is 90.0 cm³/mol. The van der Waals surface area contributed by atoms with Gasteiger partial charge in [0.05, 0.1) is 12.3 Å². The standard InChI is InChI=1S/C19H28O4/c1-2-3-4-5-6-10-13-17(14-18(20)21)19(22)23-15-16-11-8-7-9-12-16/h7-9,11-12,17H,2-6,10,13-15H2,1H3,(H,20,21)/t17-/m1/s1. The van der Waals surface area contributed by atoms with Crippen LogP contribution in [0.25, 0.3) is 0 Å². The number of hydrogen-bond acceptors (Lipinski definition) is 3. The van der Waals surface area contributed by atoms with Crippen molar-refractivity contribution < 1.29 is 19.4 Å². The maximum Gasteiger partial charge on any atom is 0.309 e. The van der Waals surface area contributed by atoms with E-state index in [0.717, 1.165) is 24.8 Å². The van der Waals surface area contributed by atoms with E-state index in [1.54, 1.807) is 0 Å². The van der Waals surface area contributed by atoms with Crippen molar-refractivity contribution in [2.45, 2.75) is 64.9 Å². The molecule has 0 spiro atoms. The molecule has 128 valence electrons. The first kappa shape index (κ1) is 19.2. The van der Waals surface area contributed by atoms with Crippen LogP contribution in [0.15, 0.2) is 30.3 Å². The Morgan fingerprint density at radius 2 is 1.70 bits per heavy atom. The Labute approximate surface area is 138 Å². The lowest BCUT2D eigenvalue weighted by Crippen LogP contribution is -2.21. The summed E-state index contributed by atoms with van der Waals surface area (Å²) in [6.07, 6.45) is 7.15. The van der Waals surface area contributed by atoms with Gasteiger partial charge in [-0.1, -0.05) is 75.8 Å². The van der Waals surface area contributed by atoms with Gasteiger partial charge in [-0.3, -0.25) is 9.59 Å². The van der Waals surface area contributed by atoms with Crippen LogP contribution in [0.2, 0.25) is 0 Å². The summed E-state index contributed by atoms with van der Waals surface area (Å²) < 4.78 is 5.28. The Bertz CT molecular complexity index is 456. The monoisotopic (exact) mass is 320 g/mol. The van der Waals surface area contributed by atoms with Crippen LogP contribution < -0.4 is 0 Å². The zero-order valence-electron chi connectivity index (χ0n) is 14.0. The smallest absolute Gasteiger partial charge is 0.309 e. The van der Waals surface area contributed by atoms with Crippen molar-refractivity contribution in [3.8, 4) is 0 Å². The van der Waals surface area contributed by atoms with Gasteiger partial charge in [-0.25, -0.2) is 0 Å². The minimum absolute atomic E-state index is 0.150. The van der Waals surface area contributed by atoms with Gasteiger partial charge in [0.25, 0.3) is 0 Å². The Morgan fingerprint density at radius 1 is 1.04 bits per heavy atom. The Balaban J connectivity index is 2.36. The number of unbranched alkanes of at least 4 members (excludes halogenated alkanes) is 5. The largest absolute Gasteiger partial charge is 0.481 e. The summed E-state index contributed by atoms with van der Waals surface area (Å²) in [5.74, 6) is -1.88. The lowest BCUT2D eigenvalue weighted by Gasteiger charge is -2.14. The number of benzene rings is 1. The third kappa shape index (κ3) is 9.01. The van der Waals surface area contributed by atoms with Crippen LogP contribution in [0.5, 0.6) is 0 Å². The molecule has 0 saturated heterocycles. The summed E-state index contributed by atoms with van der Waals surface area (Å²) in [6.45, 7) is 2.37. The maximum atomic E-state index is 12.1. The molecule has 0 aliphatic heterocycles. The number of carbonyl (C=O) groups excluding carboxylic acids is 1. The van der Waals surface area contributed by atoms with Gasteiger partial charge in [0.15, 0.2) is 0 Å². The number of ether oxygens (including phenoxy) is 1. The minimum Gasteiger partial charge on any atom is -0.481 e. The van der Waals surface area contributed by atoms with Gasteiger partial charge in [0, 0.05) is 0 Å². The molecule has 0 radical (unpaired) electrons. The normalized spacial score (nSPS) is 11.9. The minimum atomic E-state index is -0.947. The molecule has 0 heterocycles.